The first-order valence-electron chi connectivity index (χ1n) is 12.3. The van der Waals surface area contributed by atoms with E-state index in [0.717, 1.165) is 0 Å². The van der Waals surface area contributed by atoms with E-state index in [1.807, 2.05) is 0 Å². The van der Waals surface area contributed by atoms with E-state index in [4.69, 9.17) is 23.7 Å². The monoisotopic (exact) mass is 554 g/mol. The Labute approximate surface area is 224 Å². The van der Waals surface area contributed by atoms with Gasteiger partial charge in [0.15, 0.2) is 29.3 Å². The van der Waals surface area contributed by atoms with Gasteiger partial charge in [-0.2, -0.15) is 0 Å². The van der Waals surface area contributed by atoms with E-state index in [0.29, 0.717) is 16.9 Å². The third-order valence-electron chi connectivity index (χ3n) is 7.05. The van der Waals surface area contributed by atoms with E-state index in [-0.39, 0.29) is 29.4 Å². The lowest BCUT2D eigenvalue weighted by Gasteiger charge is -2.39. The second-order valence-corrected chi connectivity index (χ2v) is 9.44. The molecule has 9 atom stereocenters. The van der Waals surface area contributed by atoms with Crippen LogP contribution in [0, 0.1) is 0 Å². The smallest absolute Gasteiger partial charge is 0.186 e. The van der Waals surface area contributed by atoms with Crippen molar-refractivity contribution in [3.8, 4) is 23.0 Å². The number of aliphatic hydroxyl groups excluding tert-OH is 7. The summed E-state index contributed by atoms with van der Waals surface area (Å²) >= 11 is 0. The van der Waals surface area contributed by atoms with Crippen LogP contribution in [0.25, 0.3) is 0 Å². The standard InChI is InChI=1S/C26H34O13/c1-35-17-6-11(3-4-15(17)29)24-14(8-27)13-5-12(7-18(36-2)25(13)39-24)20(31)16(30)10-37-26-23(34)22(33)21(32)19(9-28)38-26/h3-7,14,16,19-24,26-34H,8-10H2,1-2H3/t14-,16?,19+,20?,21+,22-,23+,24+,26+/m0/s1. The Bertz CT molecular complexity index is 1130. The van der Waals surface area contributed by atoms with Gasteiger partial charge in [0.1, 0.15) is 42.7 Å². The van der Waals surface area contributed by atoms with Gasteiger partial charge in [0.25, 0.3) is 0 Å². The van der Waals surface area contributed by atoms with E-state index < -0.39 is 68.1 Å². The molecule has 13 heteroatoms. The Balaban J connectivity index is 1.53. The SMILES string of the molecule is COc1cc([C@H]2Oc3c(OC)cc(C(O)C(O)CO[C@@H]4O[C@H](CO)[C@@H](O)[C@H](O)[C@H]4O)cc3[C@@H]2CO)ccc1O. The van der Waals surface area contributed by atoms with Gasteiger partial charge in [-0.3, -0.25) is 0 Å². The molecule has 0 amide bonds. The van der Waals surface area contributed by atoms with Gasteiger partial charge in [-0.05, 0) is 35.4 Å². The zero-order valence-electron chi connectivity index (χ0n) is 21.3. The maximum atomic E-state index is 10.9. The van der Waals surface area contributed by atoms with Crippen LogP contribution in [-0.4, -0.2) is 112 Å². The predicted octanol–water partition coefficient (Wildman–Crippen LogP) is -1.17. The van der Waals surface area contributed by atoms with Crippen LogP contribution in [0.2, 0.25) is 0 Å². The molecule has 1 saturated heterocycles. The average Bonchev–Trinajstić information content (AvgIpc) is 3.33. The molecular formula is C26H34O13. The molecule has 13 nitrogen and oxygen atoms in total. The largest absolute Gasteiger partial charge is 0.504 e. The first kappa shape index (κ1) is 29.3. The van der Waals surface area contributed by atoms with Crippen LogP contribution in [0.3, 0.4) is 0 Å². The molecule has 2 unspecified atom stereocenters. The molecule has 0 aromatic heterocycles. The number of benzene rings is 2. The van der Waals surface area contributed by atoms with Gasteiger partial charge in [-0.15, -0.1) is 0 Å². The number of ether oxygens (including phenoxy) is 5. The van der Waals surface area contributed by atoms with E-state index in [1.165, 1.54) is 26.4 Å². The van der Waals surface area contributed by atoms with Gasteiger partial charge >= 0.3 is 0 Å². The number of fused-ring (bicyclic) bond motifs is 1. The molecule has 216 valence electrons. The molecule has 2 aliphatic heterocycles. The van der Waals surface area contributed by atoms with Crippen molar-refractivity contribution in [3.63, 3.8) is 0 Å². The highest BCUT2D eigenvalue weighted by Gasteiger charge is 2.44. The van der Waals surface area contributed by atoms with Crippen molar-refractivity contribution < 1.29 is 64.5 Å². The summed E-state index contributed by atoms with van der Waals surface area (Å²) in [7, 11) is 2.81. The molecule has 1 fully saturated rings. The Hall–Kier alpha value is -2.72. The highest BCUT2D eigenvalue weighted by molar-refractivity contribution is 5.56. The second kappa shape index (κ2) is 12.2. The van der Waals surface area contributed by atoms with Crippen molar-refractivity contribution in [2.75, 3.05) is 34.0 Å². The van der Waals surface area contributed by atoms with Crippen molar-refractivity contribution in [2.45, 2.75) is 54.9 Å². The number of phenolic OH excluding ortho intramolecular Hbond substituents is 1. The lowest BCUT2D eigenvalue weighted by molar-refractivity contribution is -0.306. The maximum Gasteiger partial charge on any atom is 0.186 e. The summed E-state index contributed by atoms with van der Waals surface area (Å²) in [5, 5.41) is 81.0. The van der Waals surface area contributed by atoms with Gasteiger partial charge < -0.3 is 64.5 Å². The Morgan fingerprint density at radius 2 is 1.62 bits per heavy atom. The van der Waals surface area contributed by atoms with Gasteiger partial charge in [0.2, 0.25) is 0 Å². The molecule has 2 heterocycles. The summed E-state index contributed by atoms with van der Waals surface area (Å²) in [5.74, 6) is 0.180. The topological polar surface area (TPSA) is 208 Å². The zero-order chi connectivity index (χ0) is 28.4. The average molecular weight is 555 g/mol. The van der Waals surface area contributed by atoms with Gasteiger partial charge in [0.05, 0.1) is 40.0 Å². The first-order valence-corrected chi connectivity index (χ1v) is 12.3. The fraction of sp³-hybridized carbons (Fsp3) is 0.538. The molecule has 39 heavy (non-hydrogen) atoms. The predicted molar refractivity (Wildman–Crippen MR) is 132 cm³/mol. The molecule has 8 N–H and O–H groups in total. The Morgan fingerprint density at radius 1 is 0.897 bits per heavy atom. The fourth-order valence-corrected chi connectivity index (χ4v) is 4.82. The molecule has 0 saturated carbocycles. The molecule has 0 bridgehead atoms. The summed E-state index contributed by atoms with van der Waals surface area (Å²) in [6, 6.07) is 7.72. The lowest BCUT2D eigenvalue weighted by atomic mass is 9.89. The van der Waals surface area contributed by atoms with Crippen molar-refractivity contribution in [3.05, 3.63) is 47.0 Å². The molecule has 0 spiro atoms. The number of phenols is 1. The van der Waals surface area contributed by atoms with Crippen molar-refractivity contribution in [2.24, 2.45) is 0 Å². The molecule has 4 rings (SSSR count). The normalized spacial score (nSPS) is 29.8. The van der Waals surface area contributed by atoms with Crippen LogP contribution in [0.1, 0.15) is 34.8 Å². The fourth-order valence-electron chi connectivity index (χ4n) is 4.82. The summed E-state index contributed by atoms with van der Waals surface area (Å²) in [5.41, 5.74) is 1.36. The summed E-state index contributed by atoms with van der Waals surface area (Å²) in [6.07, 6.45) is -11.3. The second-order valence-electron chi connectivity index (χ2n) is 9.44. The quantitative estimate of drug-likeness (QED) is 0.174. The molecule has 0 aliphatic carbocycles. The van der Waals surface area contributed by atoms with E-state index in [9.17, 15) is 40.9 Å². The lowest BCUT2D eigenvalue weighted by Crippen LogP contribution is -2.59. The zero-order valence-corrected chi connectivity index (χ0v) is 21.3. The Morgan fingerprint density at radius 3 is 2.26 bits per heavy atom. The van der Waals surface area contributed by atoms with Crippen molar-refractivity contribution in [1.29, 1.82) is 0 Å². The minimum Gasteiger partial charge on any atom is -0.504 e. The summed E-state index contributed by atoms with van der Waals surface area (Å²) in [6.45, 7) is -1.51. The third-order valence-corrected chi connectivity index (χ3v) is 7.05. The van der Waals surface area contributed by atoms with Crippen LogP contribution >= 0.6 is 0 Å². The molecule has 0 radical (unpaired) electrons. The minimum absolute atomic E-state index is 0.0554. The molecule has 2 aromatic carbocycles. The summed E-state index contributed by atoms with van der Waals surface area (Å²) in [4.78, 5) is 0. The highest BCUT2D eigenvalue weighted by atomic mass is 16.7. The number of aliphatic hydroxyl groups is 7. The van der Waals surface area contributed by atoms with Gasteiger partial charge in [-0.1, -0.05) is 6.07 Å². The van der Waals surface area contributed by atoms with Crippen LogP contribution in [0.15, 0.2) is 30.3 Å². The van der Waals surface area contributed by atoms with E-state index >= 15 is 0 Å². The number of hydrogen-bond donors (Lipinski definition) is 8. The van der Waals surface area contributed by atoms with Gasteiger partial charge in [0, 0.05) is 5.56 Å². The molecule has 2 aliphatic rings. The molecular weight excluding hydrogens is 520 g/mol. The third kappa shape index (κ3) is 5.63. The maximum absolute atomic E-state index is 10.9. The van der Waals surface area contributed by atoms with Gasteiger partial charge in [-0.25, -0.2) is 0 Å². The minimum atomic E-state index is -1.66. The number of rotatable bonds is 10. The van der Waals surface area contributed by atoms with Crippen molar-refractivity contribution >= 4 is 0 Å². The van der Waals surface area contributed by atoms with Crippen LogP contribution in [0.5, 0.6) is 23.0 Å². The first-order chi connectivity index (χ1) is 18.6. The number of hydrogen-bond acceptors (Lipinski definition) is 13. The van der Waals surface area contributed by atoms with Crippen LogP contribution in [-0.2, 0) is 9.47 Å². The van der Waals surface area contributed by atoms with E-state index in [1.54, 1.807) is 18.2 Å². The Kier molecular flexibility index (Phi) is 9.16. The summed E-state index contributed by atoms with van der Waals surface area (Å²) < 4.78 is 27.4. The highest BCUT2D eigenvalue weighted by Crippen LogP contribution is 2.52. The van der Waals surface area contributed by atoms with E-state index in [2.05, 4.69) is 0 Å². The molecule has 2 aromatic rings. The van der Waals surface area contributed by atoms with Crippen LogP contribution < -0.4 is 14.2 Å². The van der Waals surface area contributed by atoms with Crippen LogP contribution in [0.4, 0.5) is 0 Å². The number of aromatic hydroxyl groups is 1. The number of methoxy groups -OCH3 is 2. The van der Waals surface area contributed by atoms with Crippen molar-refractivity contribution in [1.82, 2.24) is 0 Å².